The summed E-state index contributed by atoms with van der Waals surface area (Å²) in [6.45, 7) is 9.43. The molecule has 2 heteroatoms. The SMILES string of the molecule is CC1(C)c2ccccc2-c2ccc(-c3cccc(N(c4cccc(-c5cccc6oc7ccccc7c56)c4)c4cccc5c4-c4ccccc4C5(C)C)c3)cc21. The van der Waals surface area contributed by atoms with Crippen LogP contribution in [0.1, 0.15) is 49.9 Å². The molecule has 8 aromatic carbocycles. The predicted octanol–water partition coefficient (Wildman–Crippen LogP) is 15.0. The number of furan rings is 1. The lowest BCUT2D eigenvalue weighted by Gasteiger charge is -2.29. The lowest BCUT2D eigenvalue weighted by molar-refractivity contribution is 0.660. The Kier molecular flexibility index (Phi) is 6.98. The van der Waals surface area contributed by atoms with Crippen molar-refractivity contribution >= 4 is 39.0 Å². The highest BCUT2D eigenvalue weighted by Crippen LogP contribution is 2.55. The summed E-state index contributed by atoms with van der Waals surface area (Å²) in [4.78, 5) is 2.48. The van der Waals surface area contributed by atoms with Gasteiger partial charge in [-0.1, -0.05) is 155 Å². The zero-order chi connectivity index (χ0) is 37.8. The molecular formula is C54H41NO. The van der Waals surface area contributed by atoms with E-state index in [0.29, 0.717) is 0 Å². The lowest BCUT2D eigenvalue weighted by Crippen LogP contribution is -2.16. The Labute approximate surface area is 328 Å². The highest BCUT2D eigenvalue weighted by molar-refractivity contribution is 6.12. The largest absolute Gasteiger partial charge is 0.456 e. The third-order valence-corrected chi connectivity index (χ3v) is 12.7. The molecule has 9 aromatic rings. The molecule has 2 aliphatic carbocycles. The standard InChI is InChI=1S/C54H41NO/c1-53(2)45-24-9-6-20-42(45)52-46(53)25-14-26-48(52)55(38-18-12-16-36(32-38)39-22-13-28-50-51(39)43-21-7-10-27-49(43)56-50)37-17-11-15-34(31-37)35-29-30-41-40-19-5-8-23-44(40)54(3,4)47(41)33-35/h5-33H,1-4H3. The first-order chi connectivity index (χ1) is 27.3. The smallest absolute Gasteiger partial charge is 0.136 e. The van der Waals surface area contributed by atoms with Gasteiger partial charge in [0.2, 0.25) is 0 Å². The Hall–Kier alpha value is -6.64. The number of nitrogens with zero attached hydrogens (tertiary/aromatic N) is 1. The fraction of sp³-hybridized carbons (Fsp3) is 0.111. The number of hydrogen-bond donors (Lipinski definition) is 0. The van der Waals surface area contributed by atoms with Crippen molar-refractivity contribution in [3.63, 3.8) is 0 Å². The third kappa shape index (κ3) is 4.69. The van der Waals surface area contributed by atoms with E-state index in [9.17, 15) is 0 Å². The Morgan fingerprint density at radius 3 is 1.77 bits per heavy atom. The molecule has 0 spiro atoms. The van der Waals surface area contributed by atoms with Crippen LogP contribution in [0.25, 0.3) is 66.4 Å². The molecule has 0 amide bonds. The summed E-state index contributed by atoms with van der Waals surface area (Å²) in [6.07, 6.45) is 0. The summed E-state index contributed by atoms with van der Waals surface area (Å²) >= 11 is 0. The molecular weight excluding hydrogens is 679 g/mol. The van der Waals surface area contributed by atoms with Crippen LogP contribution in [0.5, 0.6) is 0 Å². The second-order valence-electron chi connectivity index (χ2n) is 16.5. The van der Waals surface area contributed by atoms with E-state index in [-0.39, 0.29) is 10.8 Å². The van der Waals surface area contributed by atoms with Crippen molar-refractivity contribution < 1.29 is 4.42 Å². The van der Waals surface area contributed by atoms with Gasteiger partial charge in [0.1, 0.15) is 11.2 Å². The Balaban J connectivity index is 1.12. The van der Waals surface area contributed by atoms with Crippen molar-refractivity contribution in [3.05, 3.63) is 198 Å². The van der Waals surface area contributed by atoms with E-state index < -0.39 is 0 Å². The molecule has 2 nitrogen and oxygen atoms in total. The van der Waals surface area contributed by atoms with Crippen LogP contribution in [0.15, 0.2) is 180 Å². The maximum Gasteiger partial charge on any atom is 0.136 e. The molecule has 1 aromatic heterocycles. The van der Waals surface area contributed by atoms with Crippen LogP contribution in [0.4, 0.5) is 17.1 Å². The van der Waals surface area contributed by atoms with Crippen LogP contribution in [0.2, 0.25) is 0 Å². The quantitative estimate of drug-likeness (QED) is 0.176. The molecule has 2 aliphatic rings. The van der Waals surface area contributed by atoms with Gasteiger partial charge in [0.15, 0.2) is 0 Å². The Morgan fingerprint density at radius 2 is 0.946 bits per heavy atom. The molecule has 0 atom stereocenters. The van der Waals surface area contributed by atoms with Gasteiger partial charge in [0, 0.05) is 38.5 Å². The first-order valence-electron chi connectivity index (χ1n) is 19.7. The van der Waals surface area contributed by atoms with Gasteiger partial charge >= 0.3 is 0 Å². The molecule has 0 unspecified atom stereocenters. The third-order valence-electron chi connectivity index (χ3n) is 12.7. The maximum absolute atomic E-state index is 6.34. The van der Waals surface area contributed by atoms with Crippen molar-refractivity contribution in [1.82, 2.24) is 0 Å². The zero-order valence-electron chi connectivity index (χ0n) is 32.1. The number of anilines is 3. The minimum absolute atomic E-state index is 0.0695. The van der Waals surface area contributed by atoms with Crippen molar-refractivity contribution in [2.45, 2.75) is 38.5 Å². The minimum Gasteiger partial charge on any atom is -0.456 e. The molecule has 0 fully saturated rings. The van der Waals surface area contributed by atoms with Crippen molar-refractivity contribution in [2.75, 3.05) is 4.90 Å². The first kappa shape index (κ1) is 32.8. The Bertz CT molecular complexity index is 3050. The topological polar surface area (TPSA) is 16.4 Å². The van der Waals surface area contributed by atoms with Crippen LogP contribution in [0.3, 0.4) is 0 Å². The average molecular weight is 720 g/mol. The highest BCUT2D eigenvalue weighted by atomic mass is 16.3. The van der Waals surface area contributed by atoms with Gasteiger partial charge in [-0.25, -0.2) is 0 Å². The first-order valence-corrected chi connectivity index (χ1v) is 19.7. The van der Waals surface area contributed by atoms with Gasteiger partial charge in [-0.15, -0.1) is 0 Å². The summed E-state index contributed by atoms with van der Waals surface area (Å²) in [7, 11) is 0. The van der Waals surface area contributed by atoms with E-state index in [1.165, 1.54) is 61.3 Å². The second kappa shape index (κ2) is 11.9. The van der Waals surface area contributed by atoms with Gasteiger partial charge in [-0.3, -0.25) is 0 Å². The molecule has 0 bridgehead atoms. The summed E-state index contributed by atoms with van der Waals surface area (Å²) in [5.41, 5.74) is 20.5. The monoisotopic (exact) mass is 719 g/mol. The van der Waals surface area contributed by atoms with E-state index in [2.05, 4.69) is 202 Å². The average Bonchev–Trinajstić information content (AvgIpc) is 3.81. The molecule has 268 valence electrons. The van der Waals surface area contributed by atoms with Gasteiger partial charge < -0.3 is 9.32 Å². The predicted molar refractivity (Wildman–Crippen MR) is 234 cm³/mol. The van der Waals surface area contributed by atoms with Crippen molar-refractivity contribution in [1.29, 1.82) is 0 Å². The fourth-order valence-electron chi connectivity index (χ4n) is 9.88. The molecule has 0 saturated carbocycles. The van der Waals surface area contributed by atoms with Gasteiger partial charge in [0.25, 0.3) is 0 Å². The van der Waals surface area contributed by atoms with Crippen LogP contribution < -0.4 is 4.90 Å². The minimum atomic E-state index is -0.121. The normalized spacial score (nSPS) is 14.4. The van der Waals surface area contributed by atoms with Crippen LogP contribution in [-0.2, 0) is 10.8 Å². The van der Waals surface area contributed by atoms with E-state index in [4.69, 9.17) is 4.42 Å². The van der Waals surface area contributed by atoms with E-state index in [1.54, 1.807) is 0 Å². The molecule has 0 radical (unpaired) electrons. The second-order valence-corrected chi connectivity index (χ2v) is 16.5. The van der Waals surface area contributed by atoms with E-state index >= 15 is 0 Å². The van der Waals surface area contributed by atoms with Crippen LogP contribution >= 0.6 is 0 Å². The van der Waals surface area contributed by atoms with Crippen LogP contribution in [-0.4, -0.2) is 0 Å². The number of para-hydroxylation sites is 1. The summed E-state index contributed by atoms with van der Waals surface area (Å²) < 4.78 is 6.34. The van der Waals surface area contributed by atoms with Gasteiger partial charge in [-0.05, 0) is 110 Å². The lowest BCUT2D eigenvalue weighted by atomic mass is 9.81. The summed E-state index contributed by atoms with van der Waals surface area (Å²) in [5.74, 6) is 0. The molecule has 0 saturated heterocycles. The van der Waals surface area contributed by atoms with E-state index in [0.717, 1.165) is 44.4 Å². The molecule has 11 rings (SSSR count). The van der Waals surface area contributed by atoms with Crippen LogP contribution in [0, 0.1) is 0 Å². The molecule has 56 heavy (non-hydrogen) atoms. The van der Waals surface area contributed by atoms with Crippen molar-refractivity contribution in [3.8, 4) is 44.5 Å². The summed E-state index contributed by atoms with van der Waals surface area (Å²) in [5, 5.41) is 2.28. The zero-order valence-corrected chi connectivity index (χ0v) is 32.1. The number of rotatable bonds is 5. The van der Waals surface area contributed by atoms with E-state index in [1.807, 2.05) is 6.07 Å². The number of benzene rings is 8. The maximum atomic E-state index is 6.34. The number of fused-ring (bicyclic) bond motifs is 9. The summed E-state index contributed by atoms with van der Waals surface area (Å²) in [6, 6.07) is 64.6. The molecule has 1 heterocycles. The van der Waals surface area contributed by atoms with Gasteiger partial charge in [0.05, 0.1) is 5.69 Å². The molecule has 0 N–H and O–H groups in total. The Morgan fingerprint density at radius 1 is 0.393 bits per heavy atom. The van der Waals surface area contributed by atoms with Crippen molar-refractivity contribution in [2.24, 2.45) is 0 Å². The fourth-order valence-corrected chi connectivity index (χ4v) is 9.88. The highest BCUT2D eigenvalue weighted by Gasteiger charge is 2.38. The number of hydrogen-bond acceptors (Lipinski definition) is 2. The van der Waals surface area contributed by atoms with Gasteiger partial charge in [-0.2, -0.15) is 0 Å². The molecule has 0 aliphatic heterocycles.